The van der Waals surface area contributed by atoms with E-state index in [0.717, 1.165) is 19.6 Å². The first-order valence-electron chi connectivity index (χ1n) is 9.09. The van der Waals surface area contributed by atoms with E-state index >= 15 is 0 Å². The lowest BCUT2D eigenvalue weighted by molar-refractivity contribution is -0.917. The van der Waals surface area contributed by atoms with E-state index in [0.29, 0.717) is 18.7 Å². The van der Waals surface area contributed by atoms with Gasteiger partial charge in [0, 0.05) is 11.6 Å². The van der Waals surface area contributed by atoms with Gasteiger partial charge < -0.3 is 14.5 Å². The summed E-state index contributed by atoms with van der Waals surface area (Å²) in [7, 11) is 0. The van der Waals surface area contributed by atoms with Crippen LogP contribution in [0.5, 0.6) is 5.75 Å². The Morgan fingerprint density at radius 2 is 1.68 bits per heavy atom. The number of ether oxygens (including phenoxy) is 1. The number of nitrogens with one attached hydrogen (secondary N) is 1. The van der Waals surface area contributed by atoms with Crippen LogP contribution < -0.4 is 9.64 Å². The summed E-state index contributed by atoms with van der Waals surface area (Å²) in [5, 5.41) is 0. The van der Waals surface area contributed by atoms with Crippen molar-refractivity contribution in [3.8, 4) is 5.75 Å². The lowest BCUT2D eigenvalue weighted by Gasteiger charge is -2.31. The molecule has 1 N–H and O–H groups in total. The molecule has 1 fully saturated rings. The van der Waals surface area contributed by atoms with Crippen molar-refractivity contribution >= 4 is 12.0 Å². The number of hydrogen-bond acceptors (Lipinski definition) is 2. The molecule has 0 aromatic heterocycles. The summed E-state index contributed by atoms with van der Waals surface area (Å²) in [6, 6.07) is 15.7. The van der Waals surface area contributed by atoms with Crippen molar-refractivity contribution in [1.82, 2.24) is 4.90 Å². The summed E-state index contributed by atoms with van der Waals surface area (Å²) in [6.45, 7) is 4.09. The standard InChI is InChI=1S/C21H21F3N2O2/c22-21(23,24)28-19-9-6-17(7-10-19)8-11-20(27)26-14-12-25(13-15-26)16-18-4-2-1-3-5-18/h1-11H,12-16H2/p+1/b11-8+. The Bertz CT molecular complexity index is 797. The van der Waals surface area contributed by atoms with Crippen LogP contribution >= 0.6 is 0 Å². The second-order valence-corrected chi connectivity index (χ2v) is 6.69. The molecule has 1 amide bonds. The van der Waals surface area contributed by atoms with Gasteiger partial charge in [-0.1, -0.05) is 42.5 Å². The summed E-state index contributed by atoms with van der Waals surface area (Å²) in [5.41, 5.74) is 1.92. The maximum absolute atomic E-state index is 12.3. The van der Waals surface area contributed by atoms with Gasteiger partial charge in [-0.05, 0) is 23.8 Å². The Kier molecular flexibility index (Phi) is 6.36. The van der Waals surface area contributed by atoms with Crippen LogP contribution in [0.25, 0.3) is 6.08 Å². The first-order valence-corrected chi connectivity index (χ1v) is 9.09. The molecule has 0 aliphatic carbocycles. The Balaban J connectivity index is 1.47. The van der Waals surface area contributed by atoms with Crippen LogP contribution in [0.4, 0.5) is 13.2 Å². The summed E-state index contributed by atoms with van der Waals surface area (Å²) < 4.78 is 40.3. The number of carbonyl (C=O) groups is 1. The van der Waals surface area contributed by atoms with Gasteiger partial charge in [0.15, 0.2) is 0 Å². The molecule has 1 aliphatic heterocycles. The van der Waals surface area contributed by atoms with Crippen LogP contribution in [0.3, 0.4) is 0 Å². The van der Waals surface area contributed by atoms with Gasteiger partial charge in [-0.3, -0.25) is 4.79 Å². The molecule has 1 aliphatic rings. The first-order chi connectivity index (χ1) is 13.4. The minimum atomic E-state index is -4.71. The third-order valence-corrected chi connectivity index (χ3v) is 4.61. The van der Waals surface area contributed by atoms with Gasteiger partial charge in [0.1, 0.15) is 12.3 Å². The quantitative estimate of drug-likeness (QED) is 0.795. The van der Waals surface area contributed by atoms with E-state index in [2.05, 4.69) is 16.9 Å². The van der Waals surface area contributed by atoms with Gasteiger partial charge in [-0.15, -0.1) is 13.2 Å². The Labute approximate surface area is 161 Å². The van der Waals surface area contributed by atoms with E-state index in [1.54, 1.807) is 11.0 Å². The Morgan fingerprint density at radius 1 is 1.04 bits per heavy atom. The number of rotatable bonds is 5. The summed E-state index contributed by atoms with van der Waals surface area (Å²) >= 11 is 0. The zero-order chi connectivity index (χ0) is 20.0. The number of carbonyl (C=O) groups excluding carboxylic acids is 1. The number of quaternary nitrogens is 1. The molecule has 28 heavy (non-hydrogen) atoms. The van der Waals surface area contributed by atoms with Gasteiger partial charge in [0.25, 0.3) is 0 Å². The maximum atomic E-state index is 12.3. The van der Waals surface area contributed by atoms with Crippen molar-refractivity contribution in [3.05, 3.63) is 71.8 Å². The van der Waals surface area contributed by atoms with Gasteiger partial charge in [-0.2, -0.15) is 0 Å². The van der Waals surface area contributed by atoms with E-state index in [4.69, 9.17) is 0 Å². The predicted octanol–water partition coefficient (Wildman–Crippen LogP) is 2.53. The topological polar surface area (TPSA) is 34.0 Å². The van der Waals surface area contributed by atoms with Crippen molar-refractivity contribution in [1.29, 1.82) is 0 Å². The molecule has 7 heteroatoms. The number of amides is 1. The predicted molar refractivity (Wildman–Crippen MR) is 99.6 cm³/mol. The lowest BCUT2D eigenvalue weighted by Crippen LogP contribution is -3.13. The molecule has 0 radical (unpaired) electrons. The molecule has 4 nitrogen and oxygen atoms in total. The fourth-order valence-electron chi connectivity index (χ4n) is 3.16. The van der Waals surface area contributed by atoms with E-state index in [1.807, 2.05) is 18.2 Å². The average Bonchev–Trinajstić information content (AvgIpc) is 2.67. The van der Waals surface area contributed by atoms with Crippen LogP contribution in [-0.2, 0) is 11.3 Å². The fraction of sp³-hybridized carbons (Fsp3) is 0.286. The molecule has 3 rings (SSSR count). The van der Waals surface area contributed by atoms with Gasteiger partial charge >= 0.3 is 6.36 Å². The molecule has 1 heterocycles. The smallest absolute Gasteiger partial charge is 0.406 e. The van der Waals surface area contributed by atoms with Crippen LogP contribution in [0.15, 0.2) is 60.7 Å². The Hall–Kier alpha value is -2.80. The largest absolute Gasteiger partial charge is 0.573 e. The number of alkyl halides is 3. The number of hydrogen-bond donors (Lipinski definition) is 1. The molecular weight excluding hydrogens is 369 g/mol. The molecule has 2 aromatic carbocycles. The third kappa shape index (κ3) is 6.13. The Morgan fingerprint density at radius 3 is 2.29 bits per heavy atom. The normalized spacial score (nSPS) is 15.8. The van der Waals surface area contributed by atoms with Crippen molar-refractivity contribution in [2.24, 2.45) is 0 Å². The molecule has 0 spiro atoms. The van der Waals surface area contributed by atoms with E-state index in [-0.39, 0.29) is 11.7 Å². The van der Waals surface area contributed by atoms with Crippen molar-refractivity contribution in [3.63, 3.8) is 0 Å². The second kappa shape index (κ2) is 8.93. The molecule has 2 aromatic rings. The first kappa shape index (κ1) is 19.9. The van der Waals surface area contributed by atoms with Gasteiger partial charge in [0.2, 0.25) is 5.91 Å². The van der Waals surface area contributed by atoms with Crippen LogP contribution in [0.1, 0.15) is 11.1 Å². The zero-order valence-electron chi connectivity index (χ0n) is 15.3. The highest BCUT2D eigenvalue weighted by Crippen LogP contribution is 2.23. The molecule has 1 saturated heterocycles. The number of piperazine rings is 1. The van der Waals surface area contributed by atoms with Crippen LogP contribution in [0, 0.1) is 0 Å². The van der Waals surface area contributed by atoms with Crippen LogP contribution in [0.2, 0.25) is 0 Å². The number of benzene rings is 2. The average molecular weight is 391 g/mol. The molecule has 0 unspecified atom stereocenters. The monoisotopic (exact) mass is 391 g/mol. The summed E-state index contributed by atoms with van der Waals surface area (Å²) in [5.74, 6) is -0.372. The summed E-state index contributed by atoms with van der Waals surface area (Å²) in [6.07, 6.45) is -1.65. The molecule has 0 saturated carbocycles. The maximum Gasteiger partial charge on any atom is 0.573 e. The highest BCUT2D eigenvalue weighted by Gasteiger charge is 2.30. The van der Waals surface area contributed by atoms with Gasteiger partial charge in [-0.25, -0.2) is 0 Å². The van der Waals surface area contributed by atoms with E-state index in [9.17, 15) is 18.0 Å². The molecule has 148 valence electrons. The van der Waals surface area contributed by atoms with Crippen molar-refractivity contribution in [2.45, 2.75) is 12.9 Å². The SMILES string of the molecule is O=C(/C=C/c1ccc(OC(F)(F)F)cc1)N1CC[NH+](Cc2ccccc2)CC1. The fourth-order valence-corrected chi connectivity index (χ4v) is 3.16. The zero-order valence-corrected chi connectivity index (χ0v) is 15.3. The minimum Gasteiger partial charge on any atom is -0.406 e. The number of nitrogens with zero attached hydrogens (tertiary/aromatic N) is 1. The highest BCUT2D eigenvalue weighted by atomic mass is 19.4. The second-order valence-electron chi connectivity index (χ2n) is 6.69. The number of halogens is 3. The van der Waals surface area contributed by atoms with Crippen molar-refractivity contribution in [2.75, 3.05) is 26.2 Å². The molecule has 0 bridgehead atoms. The van der Waals surface area contributed by atoms with Gasteiger partial charge in [0.05, 0.1) is 26.2 Å². The molecule has 0 atom stereocenters. The van der Waals surface area contributed by atoms with E-state index in [1.165, 1.54) is 40.8 Å². The van der Waals surface area contributed by atoms with E-state index < -0.39 is 6.36 Å². The third-order valence-electron chi connectivity index (χ3n) is 4.61. The summed E-state index contributed by atoms with van der Waals surface area (Å²) in [4.78, 5) is 15.6. The van der Waals surface area contributed by atoms with Crippen molar-refractivity contribution < 1.29 is 27.6 Å². The minimum absolute atomic E-state index is 0.0885. The van der Waals surface area contributed by atoms with Crippen LogP contribution in [-0.4, -0.2) is 43.3 Å². The molecular formula is C21H22F3N2O2+. The highest BCUT2D eigenvalue weighted by molar-refractivity contribution is 5.91. The lowest BCUT2D eigenvalue weighted by atomic mass is 10.2.